The van der Waals surface area contributed by atoms with Crippen LogP contribution in [0.5, 0.6) is 0 Å². The van der Waals surface area contributed by atoms with Crippen molar-refractivity contribution in [2.24, 2.45) is 5.73 Å². The van der Waals surface area contributed by atoms with Crippen LogP contribution in [0.3, 0.4) is 0 Å². The summed E-state index contributed by atoms with van der Waals surface area (Å²) < 4.78 is 5.09. The highest BCUT2D eigenvalue weighted by Gasteiger charge is 2.09. The first-order valence-corrected chi connectivity index (χ1v) is 6.55. The Hall–Kier alpha value is -1.64. The van der Waals surface area contributed by atoms with E-state index in [-0.39, 0.29) is 6.04 Å². The molecule has 2 N–H and O–H groups in total. The van der Waals surface area contributed by atoms with Gasteiger partial charge in [-0.15, -0.1) is 0 Å². The first-order chi connectivity index (χ1) is 9.22. The maximum atomic E-state index is 8.70. The van der Waals surface area contributed by atoms with Crippen LogP contribution in [0.2, 0.25) is 0 Å². The highest BCUT2D eigenvalue weighted by atomic mass is 16.5. The largest absolute Gasteiger partial charge is 0.383 e. The number of nitrogens with zero attached hydrogens (tertiary/aromatic N) is 3. The third-order valence-corrected chi connectivity index (χ3v) is 3.01. The van der Waals surface area contributed by atoms with Crippen LogP contribution in [0, 0.1) is 11.3 Å². The van der Waals surface area contributed by atoms with Crippen LogP contribution in [0.4, 0.5) is 5.69 Å². The lowest BCUT2D eigenvalue weighted by Crippen LogP contribution is -2.28. The SMILES string of the molecule is CC[C@H](N)c1ccc(N(CCC#N)CCOC)cn1. The van der Waals surface area contributed by atoms with Crippen LogP contribution in [-0.2, 0) is 4.74 Å². The summed E-state index contributed by atoms with van der Waals surface area (Å²) in [7, 11) is 1.67. The molecule has 1 aromatic rings. The number of ether oxygens (including phenoxy) is 1. The molecule has 19 heavy (non-hydrogen) atoms. The van der Waals surface area contributed by atoms with Crippen molar-refractivity contribution in [2.45, 2.75) is 25.8 Å². The Morgan fingerprint density at radius 3 is 2.79 bits per heavy atom. The van der Waals surface area contributed by atoms with Crippen molar-refractivity contribution in [1.29, 1.82) is 5.26 Å². The van der Waals surface area contributed by atoms with E-state index in [2.05, 4.69) is 16.0 Å². The number of pyridine rings is 1. The molecule has 0 aliphatic heterocycles. The first kappa shape index (κ1) is 15.4. The maximum absolute atomic E-state index is 8.70. The highest BCUT2D eigenvalue weighted by Crippen LogP contribution is 2.17. The molecule has 1 heterocycles. The number of methoxy groups -OCH3 is 1. The van der Waals surface area contributed by atoms with Gasteiger partial charge in [-0.3, -0.25) is 4.98 Å². The van der Waals surface area contributed by atoms with Gasteiger partial charge in [-0.05, 0) is 18.6 Å². The van der Waals surface area contributed by atoms with Gasteiger partial charge in [-0.25, -0.2) is 0 Å². The lowest BCUT2D eigenvalue weighted by atomic mass is 10.1. The Labute approximate surface area is 115 Å². The molecule has 0 fully saturated rings. The van der Waals surface area contributed by atoms with Crippen LogP contribution in [-0.4, -0.2) is 31.8 Å². The van der Waals surface area contributed by atoms with Gasteiger partial charge in [0.1, 0.15) is 0 Å². The second-order valence-electron chi connectivity index (χ2n) is 4.34. The number of hydrogen-bond donors (Lipinski definition) is 1. The van der Waals surface area contributed by atoms with Gasteiger partial charge in [-0.1, -0.05) is 6.92 Å². The maximum Gasteiger partial charge on any atom is 0.0640 e. The van der Waals surface area contributed by atoms with Gasteiger partial charge in [0, 0.05) is 26.2 Å². The zero-order chi connectivity index (χ0) is 14.1. The minimum atomic E-state index is -0.0133. The zero-order valence-electron chi connectivity index (χ0n) is 11.7. The normalized spacial score (nSPS) is 11.9. The summed E-state index contributed by atoms with van der Waals surface area (Å²) in [6, 6.07) is 6.11. The molecule has 0 bridgehead atoms. The number of nitrogens with two attached hydrogens (primary N) is 1. The molecule has 1 rings (SSSR count). The molecule has 104 valence electrons. The molecule has 1 aromatic heterocycles. The summed E-state index contributed by atoms with van der Waals surface area (Å²) in [6.45, 7) is 4.10. The third kappa shape index (κ3) is 4.86. The van der Waals surface area contributed by atoms with Crippen LogP contribution in [0.15, 0.2) is 18.3 Å². The van der Waals surface area contributed by atoms with Gasteiger partial charge in [0.25, 0.3) is 0 Å². The van der Waals surface area contributed by atoms with Gasteiger partial charge in [0.05, 0.1) is 36.7 Å². The van der Waals surface area contributed by atoms with Gasteiger partial charge >= 0.3 is 0 Å². The summed E-state index contributed by atoms with van der Waals surface area (Å²) in [5.41, 5.74) is 7.84. The number of rotatable bonds is 8. The van der Waals surface area contributed by atoms with Gasteiger partial charge < -0.3 is 15.4 Å². The number of hydrogen-bond acceptors (Lipinski definition) is 5. The summed E-state index contributed by atoms with van der Waals surface area (Å²) in [4.78, 5) is 6.49. The molecule has 5 nitrogen and oxygen atoms in total. The van der Waals surface area contributed by atoms with Crippen molar-refractivity contribution < 1.29 is 4.74 Å². The Balaban J connectivity index is 2.75. The topological polar surface area (TPSA) is 75.2 Å². The lowest BCUT2D eigenvalue weighted by Gasteiger charge is -2.23. The van der Waals surface area contributed by atoms with E-state index in [4.69, 9.17) is 15.7 Å². The molecule has 0 amide bonds. The molecular weight excluding hydrogens is 240 g/mol. The van der Waals surface area contributed by atoms with Crippen LogP contribution < -0.4 is 10.6 Å². The predicted octanol–water partition coefficient (Wildman–Crippen LogP) is 1.86. The summed E-state index contributed by atoms with van der Waals surface area (Å²) in [5.74, 6) is 0. The second-order valence-corrected chi connectivity index (χ2v) is 4.34. The Kier molecular flexibility index (Phi) is 6.86. The van der Waals surface area contributed by atoms with E-state index in [1.54, 1.807) is 7.11 Å². The van der Waals surface area contributed by atoms with Crippen molar-refractivity contribution in [2.75, 3.05) is 31.7 Å². The fraction of sp³-hybridized carbons (Fsp3) is 0.571. The van der Waals surface area contributed by atoms with Crippen molar-refractivity contribution >= 4 is 5.69 Å². The average Bonchev–Trinajstić information content (AvgIpc) is 2.47. The second kappa shape index (κ2) is 8.46. The van der Waals surface area contributed by atoms with Crippen LogP contribution in [0.25, 0.3) is 0 Å². The fourth-order valence-electron chi connectivity index (χ4n) is 1.77. The summed E-state index contributed by atoms with van der Waals surface area (Å²) >= 11 is 0. The highest BCUT2D eigenvalue weighted by molar-refractivity contribution is 5.44. The summed E-state index contributed by atoms with van der Waals surface area (Å²) in [6.07, 6.45) is 3.17. The minimum absolute atomic E-state index is 0.0133. The number of anilines is 1. The number of aromatic nitrogens is 1. The lowest BCUT2D eigenvalue weighted by molar-refractivity contribution is 0.205. The molecule has 0 spiro atoms. The van der Waals surface area contributed by atoms with Crippen LogP contribution >= 0.6 is 0 Å². The van der Waals surface area contributed by atoms with E-state index in [1.807, 2.05) is 25.3 Å². The Morgan fingerprint density at radius 2 is 2.26 bits per heavy atom. The smallest absolute Gasteiger partial charge is 0.0640 e. The van der Waals surface area contributed by atoms with E-state index in [0.717, 1.165) is 24.3 Å². The molecule has 0 saturated carbocycles. The van der Waals surface area contributed by atoms with Crippen LogP contribution in [0.1, 0.15) is 31.5 Å². The third-order valence-electron chi connectivity index (χ3n) is 3.01. The molecule has 0 saturated heterocycles. The molecule has 0 aliphatic carbocycles. The Bertz CT molecular complexity index is 399. The van der Waals surface area contributed by atoms with E-state index < -0.39 is 0 Å². The Morgan fingerprint density at radius 1 is 1.47 bits per heavy atom. The molecule has 0 aromatic carbocycles. The number of nitriles is 1. The van der Waals surface area contributed by atoms with E-state index in [1.165, 1.54) is 0 Å². The molecule has 0 unspecified atom stereocenters. The van der Waals surface area contributed by atoms with Crippen molar-refractivity contribution in [3.63, 3.8) is 0 Å². The quantitative estimate of drug-likeness (QED) is 0.774. The average molecular weight is 262 g/mol. The van der Waals surface area contributed by atoms with Gasteiger partial charge in [0.15, 0.2) is 0 Å². The van der Waals surface area contributed by atoms with Crippen molar-refractivity contribution in [1.82, 2.24) is 4.98 Å². The van der Waals surface area contributed by atoms with E-state index in [9.17, 15) is 0 Å². The van der Waals surface area contributed by atoms with Gasteiger partial charge in [0.2, 0.25) is 0 Å². The van der Waals surface area contributed by atoms with E-state index >= 15 is 0 Å². The monoisotopic (exact) mass is 262 g/mol. The first-order valence-electron chi connectivity index (χ1n) is 6.55. The van der Waals surface area contributed by atoms with Crippen molar-refractivity contribution in [3.05, 3.63) is 24.0 Å². The predicted molar refractivity (Wildman–Crippen MR) is 75.8 cm³/mol. The van der Waals surface area contributed by atoms with E-state index in [0.29, 0.717) is 19.6 Å². The summed E-state index contributed by atoms with van der Waals surface area (Å²) in [5, 5.41) is 8.70. The zero-order valence-corrected chi connectivity index (χ0v) is 11.7. The standard InChI is InChI=1S/C14H22N4O/c1-3-13(16)14-6-5-12(11-17-14)18(8-4-7-15)9-10-19-2/h5-6,11,13H,3-4,8-10,16H2,1-2H3/t13-/m0/s1. The molecule has 0 aliphatic rings. The molecule has 5 heteroatoms. The fourth-order valence-corrected chi connectivity index (χ4v) is 1.77. The molecule has 0 radical (unpaired) electrons. The molecule has 1 atom stereocenters. The molecular formula is C14H22N4O. The van der Waals surface area contributed by atoms with Crippen molar-refractivity contribution in [3.8, 4) is 6.07 Å². The minimum Gasteiger partial charge on any atom is -0.383 e. The van der Waals surface area contributed by atoms with Gasteiger partial charge in [-0.2, -0.15) is 5.26 Å².